The van der Waals surface area contributed by atoms with Crippen LogP contribution >= 0.6 is 0 Å². The first-order chi connectivity index (χ1) is 10.5. The Morgan fingerprint density at radius 1 is 1.45 bits per heavy atom. The van der Waals surface area contributed by atoms with Gasteiger partial charge in [0.05, 0.1) is 6.42 Å². The number of rotatable bonds is 2. The SMILES string of the molecule is C[C@@H]1C(=O)N2CCC[C@@H]2CN1C(=O)Cc1ccc(O)c(F)c1. The van der Waals surface area contributed by atoms with Crippen molar-refractivity contribution in [2.24, 2.45) is 0 Å². The Kier molecular flexibility index (Phi) is 3.76. The van der Waals surface area contributed by atoms with E-state index in [9.17, 15) is 19.1 Å². The second-order valence-corrected chi connectivity index (χ2v) is 6.01. The maximum Gasteiger partial charge on any atom is 0.245 e. The predicted octanol–water partition coefficient (Wildman–Crippen LogP) is 1.30. The van der Waals surface area contributed by atoms with Gasteiger partial charge in [-0.15, -0.1) is 0 Å². The molecule has 0 aliphatic carbocycles. The Morgan fingerprint density at radius 3 is 2.95 bits per heavy atom. The van der Waals surface area contributed by atoms with Crippen molar-refractivity contribution in [3.63, 3.8) is 0 Å². The fourth-order valence-corrected chi connectivity index (χ4v) is 3.33. The van der Waals surface area contributed by atoms with Crippen LogP contribution in [0.15, 0.2) is 18.2 Å². The number of phenolic OH excluding ortho intramolecular Hbond substituents is 1. The predicted molar refractivity (Wildman–Crippen MR) is 77.7 cm³/mol. The van der Waals surface area contributed by atoms with Gasteiger partial charge in [0.25, 0.3) is 0 Å². The molecule has 0 spiro atoms. The van der Waals surface area contributed by atoms with E-state index in [1.165, 1.54) is 12.1 Å². The van der Waals surface area contributed by atoms with Gasteiger partial charge in [0.2, 0.25) is 11.8 Å². The lowest BCUT2D eigenvalue weighted by Crippen LogP contribution is -2.60. The van der Waals surface area contributed by atoms with E-state index in [0.29, 0.717) is 12.1 Å². The number of carbonyl (C=O) groups is 2. The number of aromatic hydroxyl groups is 1. The number of benzene rings is 1. The summed E-state index contributed by atoms with van der Waals surface area (Å²) in [5.41, 5.74) is 0.494. The topological polar surface area (TPSA) is 60.9 Å². The highest BCUT2D eigenvalue weighted by Crippen LogP contribution is 2.26. The van der Waals surface area contributed by atoms with Crippen LogP contribution in [0, 0.1) is 5.82 Å². The van der Waals surface area contributed by atoms with Crippen molar-refractivity contribution in [1.29, 1.82) is 0 Å². The lowest BCUT2D eigenvalue weighted by molar-refractivity contribution is -0.152. The fourth-order valence-electron chi connectivity index (χ4n) is 3.33. The van der Waals surface area contributed by atoms with Crippen molar-refractivity contribution in [1.82, 2.24) is 9.80 Å². The highest BCUT2D eigenvalue weighted by Gasteiger charge is 2.41. The third kappa shape index (κ3) is 2.53. The number of amides is 2. The van der Waals surface area contributed by atoms with Crippen molar-refractivity contribution in [2.45, 2.75) is 38.3 Å². The molecule has 0 unspecified atom stereocenters. The highest BCUT2D eigenvalue weighted by molar-refractivity contribution is 5.89. The van der Waals surface area contributed by atoms with Crippen molar-refractivity contribution in [3.05, 3.63) is 29.6 Å². The first-order valence-electron chi connectivity index (χ1n) is 7.54. The minimum absolute atomic E-state index is 0.000938. The first-order valence-corrected chi connectivity index (χ1v) is 7.54. The van der Waals surface area contributed by atoms with E-state index in [1.54, 1.807) is 11.8 Å². The molecule has 3 rings (SSSR count). The number of carbonyl (C=O) groups excluding carboxylic acids is 2. The highest BCUT2D eigenvalue weighted by atomic mass is 19.1. The summed E-state index contributed by atoms with van der Waals surface area (Å²) >= 11 is 0. The fraction of sp³-hybridized carbons (Fsp3) is 0.500. The molecule has 0 aromatic heterocycles. The van der Waals surface area contributed by atoms with Gasteiger partial charge in [-0.05, 0) is 37.5 Å². The van der Waals surface area contributed by atoms with Gasteiger partial charge in [0.1, 0.15) is 6.04 Å². The molecule has 6 heteroatoms. The van der Waals surface area contributed by atoms with Crippen molar-refractivity contribution in [3.8, 4) is 5.75 Å². The normalized spacial score (nSPS) is 24.5. The third-order valence-corrected chi connectivity index (χ3v) is 4.58. The number of piperazine rings is 1. The number of nitrogens with zero attached hydrogens (tertiary/aromatic N) is 2. The van der Waals surface area contributed by atoms with Gasteiger partial charge in [-0.2, -0.15) is 0 Å². The first kappa shape index (κ1) is 14.8. The molecule has 0 bridgehead atoms. The van der Waals surface area contributed by atoms with Crippen LogP contribution in [-0.2, 0) is 16.0 Å². The lowest BCUT2D eigenvalue weighted by Gasteiger charge is -2.41. The Hall–Kier alpha value is -2.11. The van der Waals surface area contributed by atoms with Crippen LogP contribution in [0.5, 0.6) is 5.75 Å². The molecule has 1 aromatic rings. The molecule has 0 radical (unpaired) electrons. The number of phenols is 1. The maximum atomic E-state index is 13.4. The van der Waals surface area contributed by atoms with Crippen molar-refractivity contribution < 1.29 is 19.1 Å². The Balaban J connectivity index is 1.73. The van der Waals surface area contributed by atoms with Crippen LogP contribution in [0.1, 0.15) is 25.3 Å². The summed E-state index contributed by atoms with van der Waals surface area (Å²) in [6, 6.07) is 3.56. The quantitative estimate of drug-likeness (QED) is 0.896. The summed E-state index contributed by atoms with van der Waals surface area (Å²) < 4.78 is 13.4. The Labute approximate surface area is 128 Å². The van der Waals surface area contributed by atoms with Crippen molar-refractivity contribution >= 4 is 11.8 Å². The van der Waals surface area contributed by atoms with Crippen LogP contribution in [0.3, 0.4) is 0 Å². The smallest absolute Gasteiger partial charge is 0.245 e. The summed E-state index contributed by atoms with van der Waals surface area (Å²) in [5.74, 6) is -1.36. The molecule has 5 nitrogen and oxygen atoms in total. The van der Waals surface area contributed by atoms with Gasteiger partial charge < -0.3 is 14.9 Å². The van der Waals surface area contributed by atoms with Crippen LogP contribution in [0.2, 0.25) is 0 Å². The van der Waals surface area contributed by atoms with Crippen LogP contribution in [0.4, 0.5) is 4.39 Å². The molecule has 2 fully saturated rings. The largest absolute Gasteiger partial charge is 0.505 e. The second-order valence-electron chi connectivity index (χ2n) is 6.01. The van der Waals surface area contributed by atoms with E-state index in [1.807, 2.05) is 4.90 Å². The van der Waals surface area contributed by atoms with E-state index in [4.69, 9.17) is 0 Å². The monoisotopic (exact) mass is 306 g/mol. The minimum atomic E-state index is -0.741. The maximum absolute atomic E-state index is 13.4. The molecule has 22 heavy (non-hydrogen) atoms. The number of halogens is 1. The third-order valence-electron chi connectivity index (χ3n) is 4.58. The number of hydrogen-bond donors (Lipinski definition) is 1. The minimum Gasteiger partial charge on any atom is -0.505 e. The summed E-state index contributed by atoms with van der Waals surface area (Å²) in [6.07, 6.45) is 1.94. The summed E-state index contributed by atoms with van der Waals surface area (Å²) in [5, 5.41) is 9.19. The molecule has 2 saturated heterocycles. The van der Waals surface area contributed by atoms with E-state index >= 15 is 0 Å². The van der Waals surface area contributed by atoms with Gasteiger partial charge >= 0.3 is 0 Å². The van der Waals surface area contributed by atoms with Crippen LogP contribution in [0.25, 0.3) is 0 Å². The van der Waals surface area contributed by atoms with E-state index in [-0.39, 0.29) is 24.3 Å². The van der Waals surface area contributed by atoms with E-state index in [2.05, 4.69) is 0 Å². The number of hydrogen-bond acceptors (Lipinski definition) is 3. The average molecular weight is 306 g/mol. The van der Waals surface area contributed by atoms with Crippen LogP contribution < -0.4 is 0 Å². The molecule has 2 amide bonds. The standard InChI is InChI=1S/C16H19FN2O3/c1-10-16(22)18-6-2-3-12(18)9-19(10)15(21)8-11-4-5-14(20)13(17)7-11/h4-5,7,10,12,20H,2-3,6,8-9H2,1H3/t10-,12-/m1/s1. The molecule has 0 saturated carbocycles. The molecule has 2 aliphatic rings. The van der Waals surface area contributed by atoms with Gasteiger partial charge in [0.15, 0.2) is 11.6 Å². The van der Waals surface area contributed by atoms with Gasteiger partial charge in [-0.1, -0.05) is 6.07 Å². The molecule has 2 heterocycles. The van der Waals surface area contributed by atoms with Gasteiger partial charge in [-0.25, -0.2) is 4.39 Å². The number of fused-ring (bicyclic) bond motifs is 1. The van der Waals surface area contributed by atoms with Gasteiger partial charge in [-0.3, -0.25) is 9.59 Å². The summed E-state index contributed by atoms with van der Waals surface area (Å²) in [4.78, 5) is 28.3. The Bertz CT molecular complexity index is 619. The average Bonchev–Trinajstić information content (AvgIpc) is 2.95. The lowest BCUT2D eigenvalue weighted by atomic mass is 10.0. The molecule has 118 valence electrons. The van der Waals surface area contributed by atoms with E-state index < -0.39 is 17.6 Å². The molecule has 1 aromatic carbocycles. The molecular weight excluding hydrogens is 287 g/mol. The zero-order chi connectivity index (χ0) is 15.9. The van der Waals surface area contributed by atoms with Crippen molar-refractivity contribution in [2.75, 3.05) is 13.1 Å². The molecule has 1 N–H and O–H groups in total. The van der Waals surface area contributed by atoms with E-state index in [0.717, 1.165) is 25.5 Å². The van der Waals surface area contributed by atoms with Gasteiger partial charge in [0, 0.05) is 19.1 Å². The molecule has 2 aliphatic heterocycles. The second kappa shape index (κ2) is 5.59. The summed E-state index contributed by atoms with van der Waals surface area (Å²) in [6.45, 7) is 3.07. The zero-order valence-electron chi connectivity index (χ0n) is 12.5. The molecule has 2 atom stereocenters. The summed E-state index contributed by atoms with van der Waals surface area (Å²) in [7, 11) is 0. The van der Waals surface area contributed by atoms with Crippen LogP contribution in [-0.4, -0.2) is 51.9 Å². The molecular formula is C16H19FN2O3. The zero-order valence-corrected chi connectivity index (χ0v) is 12.5. The Morgan fingerprint density at radius 2 is 2.23 bits per heavy atom.